The Hall–Kier alpha value is -0.0700. The van der Waals surface area contributed by atoms with Crippen LogP contribution in [0.3, 0.4) is 0 Å². The molecule has 0 fully saturated rings. The van der Waals surface area contributed by atoms with Gasteiger partial charge in [0.25, 0.3) is 6.43 Å². The van der Waals surface area contributed by atoms with Crippen LogP contribution in [-0.2, 0) is 6.54 Å². The largest absolute Gasteiger partial charge is 0.326 e. The molecule has 0 saturated heterocycles. The van der Waals surface area contributed by atoms with Gasteiger partial charge in [-0.1, -0.05) is 0 Å². The summed E-state index contributed by atoms with van der Waals surface area (Å²) in [5, 5.41) is 0. The number of nitrogens with zero attached hydrogens (tertiary/aromatic N) is 1. The lowest BCUT2D eigenvalue weighted by Gasteiger charge is -2.06. The Morgan fingerprint density at radius 2 is 2.08 bits per heavy atom. The van der Waals surface area contributed by atoms with Gasteiger partial charge in [-0.3, -0.25) is 0 Å². The monoisotopic (exact) mass is 314 g/mol. The van der Waals surface area contributed by atoms with Crippen LogP contribution in [0.15, 0.2) is 15.1 Å². The van der Waals surface area contributed by atoms with Crippen LogP contribution in [0, 0.1) is 0 Å². The molecule has 0 aliphatic carbocycles. The highest BCUT2D eigenvalue weighted by atomic mass is 79.9. The van der Waals surface area contributed by atoms with E-state index in [1.54, 1.807) is 0 Å². The van der Waals surface area contributed by atoms with Crippen LogP contribution in [-0.4, -0.2) is 4.98 Å². The van der Waals surface area contributed by atoms with E-state index in [-0.39, 0.29) is 12.2 Å². The van der Waals surface area contributed by atoms with Crippen molar-refractivity contribution in [1.29, 1.82) is 0 Å². The predicted molar refractivity (Wildman–Crippen MR) is 52.5 cm³/mol. The second-order valence-electron chi connectivity index (χ2n) is 2.32. The Balaban J connectivity index is 3.22. The number of pyridine rings is 1. The number of rotatable bonds is 2. The van der Waals surface area contributed by atoms with Crippen LogP contribution in [0.1, 0.15) is 17.7 Å². The van der Waals surface area contributed by atoms with Gasteiger partial charge in [0, 0.05) is 6.54 Å². The average Bonchev–Trinajstić information content (AvgIpc) is 2.09. The Bertz CT molecular complexity index is 318. The minimum absolute atomic E-state index is 0.196. The number of halogens is 4. The van der Waals surface area contributed by atoms with E-state index >= 15 is 0 Å². The van der Waals surface area contributed by atoms with Gasteiger partial charge in [0.1, 0.15) is 10.3 Å². The summed E-state index contributed by atoms with van der Waals surface area (Å²) >= 11 is 6.25. The van der Waals surface area contributed by atoms with Crippen molar-refractivity contribution in [2.45, 2.75) is 13.0 Å². The zero-order valence-corrected chi connectivity index (χ0v) is 9.57. The molecule has 0 bridgehead atoms. The first-order chi connectivity index (χ1) is 6.06. The molecule has 13 heavy (non-hydrogen) atoms. The predicted octanol–water partition coefficient (Wildman–Crippen LogP) is 3.00. The maximum absolute atomic E-state index is 12.3. The molecule has 72 valence electrons. The van der Waals surface area contributed by atoms with Gasteiger partial charge >= 0.3 is 0 Å². The molecular weight excluding hydrogens is 310 g/mol. The third-order valence-electron chi connectivity index (χ3n) is 1.46. The standard InChI is InChI=1S/C7H6Br2F2N2/c8-5-3(2-12)1-4(7(10)11)13-6(5)9/h1,7H,2,12H2. The van der Waals surface area contributed by atoms with Crippen molar-refractivity contribution >= 4 is 31.9 Å². The van der Waals surface area contributed by atoms with E-state index in [0.29, 0.717) is 14.6 Å². The highest BCUT2D eigenvalue weighted by Gasteiger charge is 2.13. The lowest BCUT2D eigenvalue weighted by molar-refractivity contribution is 0.145. The zero-order valence-electron chi connectivity index (χ0n) is 6.40. The summed E-state index contributed by atoms with van der Waals surface area (Å²) in [4.78, 5) is 3.65. The topological polar surface area (TPSA) is 38.9 Å². The first kappa shape index (κ1) is 11.0. The van der Waals surface area contributed by atoms with Crippen LogP contribution >= 0.6 is 31.9 Å². The van der Waals surface area contributed by atoms with Crippen molar-refractivity contribution in [3.63, 3.8) is 0 Å². The highest BCUT2D eigenvalue weighted by molar-refractivity contribution is 9.13. The molecular formula is C7H6Br2F2N2. The van der Waals surface area contributed by atoms with Crippen LogP contribution in [0.4, 0.5) is 8.78 Å². The highest BCUT2D eigenvalue weighted by Crippen LogP contribution is 2.28. The molecule has 0 saturated carbocycles. The van der Waals surface area contributed by atoms with Crippen LogP contribution in [0.5, 0.6) is 0 Å². The maximum atomic E-state index is 12.3. The van der Waals surface area contributed by atoms with Gasteiger partial charge in [0.05, 0.1) is 4.47 Å². The Labute approximate surface area is 90.8 Å². The molecule has 2 N–H and O–H groups in total. The number of aromatic nitrogens is 1. The molecule has 6 heteroatoms. The molecule has 1 aromatic rings. The third-order valence-corrected chi connectivity index (χ3v) is 3.45. The summed E-state index contributed by atoms with van der Waals surface area (Å²) in [5.41, 5.74) is 5.71. The third kappa shape index (κ3) is 2.45. The zero-order chi connectivity index (χ0) is 10.0. The first-order valence-corrected chi connectivity index (χ1v) is 4.98. The average molecular weight is 316 g/mol. The van der Waals surface area contributed by atoms with E-state index in [9.17, 15) is 8.78 Å². The molecule has 1 aromatic heterocycles. The van der Waals surface area contributed by atoms with Crippen molar-refractivity contribution in [3.8, 4) is 0 Å². The molecule has 1 rings (SSSR count). The second-order valence-corrected chi connectivity index (χ2v) is 3.86. The smallest absolute Gasteiger partial charge is 0.280 e. The number of nitrogens with two attached hydrogens (primary N) is 1. The fraction of sp³-hybridized carbons (Fsp3) is 0.286. The SMILES string of the molecule is NCc1cc(C(F)F)nc(Br)c1Br. The fourth-order valence-corrected chi connectivity index (χ4v) is 1.65. The van der Waals surface area contributed by atoms with E-state index in [1.165, 1.54) is 6.07 Å². The molecule has 0 radical (unpaired) electrons. The summed E-state index contributed by atoms with van der Waals surface area (Å²) in [7, 11) is 0. The first-order valence-electron chi connectivity index (χ1n) is 3.39. The lowest BCUT2D eigenvalue weighted by atomic mass is 10.2. The summed E-state index contributed by atoms with van der Waals surface area (Å²) in [5.74, 6) is 0. The molecule has 0 spiro atoms. The van der Waals surface area contributed by atoms with E-state index in [4.69, 9.17) is 5.73 Å². The summed E-state index contributed by atoms with van der Waals surface area (Å²) in [6.07, 6.45) is -2.57. The molecule has 1 heterocycles. The molecule has 0 aromatic carbocycles. The van der Waals surface area contributed by atoms with Gasteiger partial charge in [0.15, 0.2) is 0 Å². The number of hydrogen-bond acceptors (Lipinski definition) is 2. The van der Waals surface area contributed by atoms with Gasteiger partial charge in [-0.05, 0) is 43.5 Å². The number of alkyl halides is 2. The number of hydrogen-bond donors (Lipinski definition) is 1. The van der Waals surface area contributed by atoms with E-state index in [2.05, 4.69) is 36.8 Å². The Morgan fingerprint density at radius 3 is 2.54 bits per heavy atom. The minimum atomic E-state index is -2.57. The van der Waals surface area contributed by atoms with Gasteiger partial charge < -0.3 is 5.73 Å². The molecule has 2 nitrogen and oxygen atoms in total. The van der Waals surface area contributed by atoms with Crippen molar-refractivity contribution in [2.75, 3.05) is 0 Å². The summed E-state index contributed by atoms with van der Waals surface area (Å²) in [6.45, 7) is 0.196. The van der Waals surface area contributed by atoms with Gasteiger partial charge in [-0.2, -0.15) is 0 Å². The molecule has 0 aliphatic heterocycles. The molecule has 0 aliphatic rings. The minimum Gasteiger partial charge on any atom is -0.326 e. The van der Waals surface area contributed by atoms with E-state index in [0.717, 1.165) is 0 Å². The van der Waals surface area contributed by atoms with Crippen molar-refractivity contribution in [1.82, 2.24) is 4.98 Å². The summed E-state index contributed by atoms with van der Waals surface area (Å²) in [6, 6.07) is 1.29. The van der Waals surface area contributed by atoms with Crippen LogP contribution in [0.25, 0.3) is 0 Å². The fourth-order valence-electron chi connectivity index (χ4n) is 0.829. The van der Waals surface area contributed by atoms with Crippen molar-refractivity contribution in [3.05, 3.63) is 26.4 Å². The molecule has 0 amide bonds. The van der Waals surface area contributed by atoms with E-state index < -0.39 is 6.43 Å². The van der Waals surface area contributed by atoms with Crippen LogP contribution < -0.4 is 5.73 Å². The van der Waals surface area contributed by atoms with Crippen molar-refractivity contribution < 1.29 is 8.78 Å². The Morgan fingerprint density at radius 1 is 1.46 bits per heavy atom. The normalized spacial score (nSPS) is 10.9. The lowest BCUT2D eigenvalue weighted by Crippen LogP contribution is -2.02. The van der Waals surface area contributed by atoms with Crippen LogP contribution in [0.2, 0.25) is 0 Å². The van der Waals surface area contributed by atoms with Gasteiger partial charge in [-0.15, -0.1) is 0 Å². The quantitative estimate of drug-likeness (QED) is 0.852. The molecule has 0 unspecified atom stereocenters. The molecule has 0 atom stereocenters. The van der Waals surface area contributed by atoms with E-state index in [1.807, 2.05) is 0 Å². The Kier molecular flexibility index (Phi) is 3.75. The maximum Gasteiger partial charge on any atom is 0.280 e. The summed E-state index contributed by atoms with van der Waals surface area (Å²) < 4.78 is 25.5. The van der Waals surface area contributed by atoms with Gasteiger partial charge in [-0.25, -0.2) is 13.8 Å². The second kappa shape index (κ2) is 4.43. The van der Waals surface area contributed by atoms with Crippen molar-refractivity contribution in [2.24, 2.45) is 5.73 Å². The van der Waals surface area contributed by atoms with Gasteiger partial charge in [0.2, 0.25) is 0 Å².